The number of hydrogen-bond donors (Lipinski definition) is 0. The normalized spacial score (nSPS) is 11.2. The largest absolute Gasteiger partial charge is 0.436 e. The van der Waals surface area contributed by atoms with Crippen LogP contribution in [0.3, 0.4) is 0 Å². The lowest BCUT2D eigenvalue weighted by molar-refractivity contribution is 0.620. The summed E-state index contributed by atoms with van der Waals surface area (Å²) in [6, 6.07) is 59.3. The Kier molecular flexibility index (Phi) is 6.47. The van der Waals surface area contributed by atoms with E-state index in [1.54, 1.807) is 0 Å². The number of anilines is 3. The Bertz CT molecular complexity index is 2210. The third-order valence-electron chi connectivity index (χ3n) is 8.10. The standard InChI is InChI=1S/C41H28N2O/c1-3-13-31(14-4-1)41-42-40-38(22-11-23-39(40)44-41)30-24-26-34(27-25-30)43(33-17-5-2-6-18-33)35-19-9-16-32(28-35)37-21-10-15-29-12-7-8-20-36(29)37/h1-28H. The maximum atomic E-state index is 6.15. The van der Waals surface area contributed by atoms with Gasteiger partial charge in [-0.15, -0.1) is 0 Å². The first kappa shape index (κ1) is 25.8. The van der Waals surface area contributed by atoms with E-state index in [-0.39, 0.29) is 0 Å². The fourth-order valence-corrected chi connectivity index (χ4v) is 5.99. The van der Waals surface area contributed by atoms with Gasteiger partial charge in [0.15, 0.2) is 5.58 Å². The summed E-state index contributed by atoms with van der Waals surface area (Å²) in [6.07, 6.45) is 0. The van der Waals surface area contributed by atoms with Crippen molar-refractivity contribution in [2.24, 2.45) is 0 Å². The average molecular weight is 565 g/mol. The number of fused-ring (bicyclic) bond motifs is 2. The van der Waals surface area contributed by atoms with Crippen molar-refractivity contribution in [1.82, 2.24) is 4.98 Å². The smallest absolute Gasteiger partial charge is 0.227 e. The second-order valence-electron chi connectivity index (χ2n) is 10.8. The Labute approximate surface area is 256 Å². The molecule has 0 aliphatic heterocycles. The van der Waals surface area contributed by atoms with Gasteiger partial charge >= 0.3 is 0 Å². The molecule has 0 bridgehead atoms. The van der Waals surface area contributed by atoms with Crippen LogP contribution in [0.25, 0.3) is 55.6 Å². The van der Waals surface area contributed by atoms with Gasteiger partial charge < -0.3 is 9.32 Å². The van der Waals surface area contributed by atoms with Gasteiger partial charge in [-0.05, 0) is 82.1 Å². The second-order valence-corrected chi connectivity index (χ2v) is 10.8. The van der Waals surface area contributed by atoms with Gasteiger partial charge in [0.2, 0.25) is 5.89 Å². The van der Waals surface area contributed by atoms with Crippen molar-refractivity contribution in [3.8, 4) is 33.7 Å². The molecule has 44 heavy (non-hydrogen) atoms. The van der Waals surface area contributed by atoms with Crippen molar-refractivity contribution in [3.05, 3.63) is 170 Å². The highest BCUT2D eigenvalue weighted by molar-refractivity contribution is 5.97. The van der Waals surface area contributed by atoms with Crippen molar-refractivity contribution < 1.29 is 4.42 Å². The van der Waals surface area contributed by atoms with Gasteiger partial charge in [0.25, 0.3) is 0 Å². The van der Waals surface area contributed by atoms with Crippen LogP contribution in [0.2, 0.25) is 0 Å². The first-order valence-electron chi connectivity index (χ1n) is 14.8. The molecule has 3 nitrogen and oxygen atoms in total. The minimum Gasteiger partial charge on any atom is -0.436 e. The summed E-state index contributed by atoms with van der Waals surface area (Å²) in [5, 5.41) is 2.49. The predicted molar refractivity (Wildman–Crippen MR) is 183 cm³/mol. The molecule has 8 rings (SSSR count). The van der Waals surface area contributed by atoms with Crippen molar-refractivity contribution in [2.75, 3.05) is 4.90 Å². The molecule has 8 aromatic rings. The van der Waals surface area contributed by atoms with Gasteiger partial charge in [0, 0.05) is 28.2 Å². The highest BCUT2D eigenvalue weighted by Gasteiger charge is 2.16. The van der Waals surface area contributed by atoms with Crippen LogP contribution in [0.4, 0.5) is 17.1 Å². The van der Waals surface area contributed by atoms with Gasteiger partial charge in [-0.2, -0.15) is 0 Å². The fourth-order valence-electron chi connectivity index (χ4n) is 5.99. The molecule has 0 aliphatic rings. The van der Waals surface area contributed by atoms with Crippen molar-refractivity contribution in [2.45, 2.75) is 0 Å². The molecule has 0 radical (unpaired) electrons. The quantitative estimate of drug-likeness (QED) is 0.201. The molecule has 0 saturated heterocycles. The SMILES string of the molecule is c1ccc(-c2nc3c(-c4ccc(N(c5ccccc5)c5cccc(-c6cccc7ccccc67)c5)cc4)cccc3o2)cc1. The summed E-state index contributed by atoms with van der Waals surface area (Å²) in [7, 11) is 0. The molecule has 0 amide bonds. The van der Waals surface area contributed by atoms with E-state index in [2.05, 4.69) is 132 Å². The number of nitrogens with zero attached hydrogens (tertiary/aromatic N) is 2. The lowest BCUT2D eigenvalue weighted by Crippen LogP contribution is -2.09. The van der Waals surface area contributed by atoms with Gasteiger partial charge in [-0.25, -0.2) is 4.98 Å². The van der Waals surface area contributed by atoms with Crippen LogP contribution in [-0.4, -0.2) is 4.98 Å². The molecule has 0 saturated carbocycles. The molecule has 0 spiro atoms. The lowest BCUT2D eigenvalue weighted by Gasteiger charge is -2.26. The molecule has 1 aromatic heterocycles. The maximum absolute atomic E-state index is 6.15. The topological polar surface area (TPSA) is 29.3 Å². The monoisotopic (exact) mass is 564 g/mol. The van der Waals surface area contributed by atoms with E-state index in [9.17, 15) is 0 Å². The Balaban J connectivity index is 1.20. The summed E-state index contributed by atoms with van der Waals surface area (Å²) >= 11 is 0. The maximum Gasteiger partial charge on any atom is 0.227 e. The average Bonchev–Trinajstić information content (AvgIpc) is 3.55. The van der Waals surface area contributed by atoms with Crippen LogP contribution >= 0.6 is 0 Å². The minimum atomic E-state index is 0.631. The third kappa shape index (κ3) is 4.71. The highest BCUT2D eigenvalue weighted by atomic mass is 16.3. The van der Waals surface area contributed by atoms with Gasteiger partial charge in [0.1, 0.15) is 5.52 Å². The summed E-state index contributed by atoms with van der Waals surface area (Å²) < 4.78 is 6.15. The molecule has 0 unspecified atom stereocenters. The van der Waals surface area contributed by atoms with E-state index in [4.69, 9.17) is 9.40 Å². The van der Waals surface area contributed by atoms with E-state index in [1.165, 1.54) is 21.9 Å². The van der Waals surface area contributed by atoms with E-state index in [1.807, 2.05) is 42.5 Å². The van der Waals surface area contributed by atoms with E-state index < -0.39 is 0 Å². The molecule has 208 valence electrons. The highest BCUT2D eigenvalue weighted by Crippen LogP contribution is 2.39. The Morgan fingerprint density at radius 3 is 1.89 bits per heavy atom. The molecule has 1 heterocycles. The second kappa shape index (κ2) is 11.0. The first-order valence-corrected chi connectivity index (χ1v) is 14.8. The number of rotatable bonds is 6. The van der Waals surface area contributed by atoms with Gasteiger partial charge in [-0.1, -0.05) is 115 Å². The zero-order chi connectivity index (χ0) is 29.3. The third-order valence-corrected chi connectivity index (χ3v) is 8.10. The van der Waals surface area contributed by atoms with Crippen molar-refractivity contribution in [1.29, 1.82) is 0 Å². The van der Waals surface area contributed by atoms with Gasteiger partial charge in [0.05, 0.1) is 0 Å². The van der Waals surface area contributed by atoms with E-state index in [0.717, 1.165) is 44.9 Å². The summed E-state index contributed by atoms with van der Waals surface area (Å²) in [5.41, 5.74) is 10.4. The van der Waals surface area contributed by atoms with Crippen LogP contribution in [0.1, 0.15) is 0 Å². The summed E-state index contributed by atoms with van der Waals surface area (Å²) in [6.45, 7) is 0. The summed E-state index contributed by atoms with van der Waals surface area (Å²) in [4.78, 5) is 7.20. The molecule has 0 atom stereocenters. The van der Waals surface area contributed by atoms with Gasteiger partial charge in [-0.3, -0.25) is 0 Å². The van der Waals surface area contributed by atoms with Crippen molar-refractivity contribution >= 4 is 38.9 Å². The Hall–Kier alpha value is -5.93. The Morgan fingerprint density at radius 1 is 0.432 bits per heavy atom. The number of para-hydroxylation sites is 2. The molecule has 0 N–H and O–H groups in total. The molecule has 3 heteroatoms. The number of hydrogen-bond acceptors (Lipinski definition) is 3. The predicted octanol–water partition coefficient (Wildman–Crippen LogP) is 11.5. The van der Waals surface area contributed by atoms with Crippen LogP contribution in [-0.2, 0) is 0 Å². The molecule has 7 aromatic carbocycles. The number of oxazole rings is 1. The zero-order valence-corrected chi connectivity index (χ0v) is 24.0. The van der Waals surface area contributed by atoms with E-state index in [0.29, 0.717) is 5.89 Å². The zero-order valence-electron chi connectivity index (χ0n) is 24.0. The van der Waals surface area contributed by atoms with Crippen molar-refractivity contribution in [3.63, 3.8) is 0 Å². The van der Waals surface area contributed by atoms with Crippen LogP contribution in [0, 0.1) is 0 Å². The van der Waals surface area contributed by atoms with Crippen LogP contribution in [0.5, 0.6) is 0 Å². The summed E-state index contributed by atoms with van der Waals surface area (Å²) in [5.74, 6) is 0.631. The van der Waals surface area contributed by atoms with E-state index >= 15 is 0 Å². The fraction of sp³-hybridized carbons (Fsp3) is 0. The molecular formula is C41H28N2O. The Morgan fingerprint density at radius 2 is 1.05 bits per heavy atom. The first-order chi connectivity index (χ1) is 21.8. The molecule has 0 fully saturated rings. The molecular weight excluding hydrogens is 536 g/mol. The number of aromatic nitrogens is 1. The number of benzene rings is 7. The lowest BCUT2D eigenvalue weighted by atomic mass is 9.97. The minimum absolute atomic E-state index is 0.631. The van der Waals surface area contributed by atoms with Crippen LogP contribution < -0.4 is 4.90 Å². The molecule has 0 aliphatic carbocycles. The van der Waals surface area contributed by atoms with Crippen LogP contribution in [0.15, 0.2) is 174 Å².